The number of carbonyl (C=O) groups excluding carboxylic acids is 1. The van der Waals surface area contributed by atoms with Crippen LogP contribution in [0.5, 0.6) is 0 Å². The molecule has 0 aliphatic carbocycles. The Morgan fingerprint density at radius 3 is 2.52 bits per heavy atom. The SMILES string of the molecule is Cc1noc(CSc2ccccc2C(=O)NCCCN2CCN(Cc3ccccc3)CC2)n1. The Morgan fingerprint density at radius 1 is 1.03 bits per heavy atom. The van der Waals surface area contributed by atoms with Gasteiger partial charge in [-0.1, -0.05) is 47.6 Å². The second-order valence-electron chi connectivity index (χ2n) is 8.23. The number of amides is 1. The van der Waals surface area contributed by atoms with Crippen LogP contribution in [0.2, 0.25) is 0 Å². The van der Waals surface area contributed by atoms with Gasteiger partial charge in [0.1, 0.15) is 0 Å². The summed E-state index contributed by atoms with van der Waals surface area (Å²) in [6.45, 7) is 8.83. The van der Waals surface area contributed by atoms with E-state index in [2.05, 4.69) is 55.6 Å². The van der Waals surface area contributed by atoms with Gasteiger partial charge in [-0.25, -0.2) is 0 Å². The van der Waals surface area contributed by atoms with Crippen molar-refractivity contribution < 1.29 is 9.32 Å². The lowest BCUT2D eigenvalue weighted by atomic mass is 10.2. The second kappa shape index (κ2) is 12.0. The average molecular weight is 466 g/mol. The van der Waals surface area contributed by atoms with Gasteiger partial charge in [-0.2, -0.15) is 4.98 Å². The molecule has 8 heteroatoms. The van der Waals surface area contributed by atoms with Gasteiger partial charge in [0.25, 0.3) is 5.91 Å². The molecule has 7 nitrogen and oxygen atoms in total. The fourth-order valence-corrected chi connectivity index (χ4v) is 4.82. The van der Waals surface area contributed by atoms with E-state index in [0.717, 1.165) is 50.6 Å². The van der Waals surface area contributed by atoms with Crippen LogP contribution in [0.1, 0.15) is 34.1 Å². The van der Waals surface area contributed by atoms with E-state index in [1.165, 1.54) is 17.3 Å². The molecule has 1 amide bonds. The number of rotatable bonds is 10. The monoisotopic (exact) mass is 465 g/mol. The quantitative estimate of drug-likeness (QED) is 0.362. The first kappa shape index (κ1) is 23.5. The van der Waals surface area contributed by atoms with Crippen LogP contribution in [0.25, 0.3) is 0 Å². The number of hydrogen-bond acceptors (Lipinski definition) is 7. The summed E-state index contributed by atoms with van der Waals surface area (Å²) < 4.78 is 5.17. The third kappa shape index (κ3) is 7.15. The molecule has 0 bridgehead atoms. The number of hydrogen-bond donors (Lipinski definition) is 1. The van der Waals surface area contributed by atoms with E-state index < -0.39 is 0 Å². The Labute approximate surface area is 199 Å². The minimum Gasteiger partial charge on any atom is -0.352 e. The Morgan fingerprint density at radius 2 is 1.76 bits per heavy atom. The lowest BCUT2D eigenvalue weighted by Gasteiger charge is -2.34. The molecule has 4 rings (SSSR count). The number of benzene rings is 2. The van der Waals surface area contributed by atoms with Gasteiger partial charge in [-0.3, -0.25) is 9.69 Å². The van der Waals surface area contributed by atoms with E-state index in [1.54, 1.807) is 6.92 Å². The maximum absolute atomic E-state index is 12.8. The molecule has 1 fully saturated rings. The summed E-state index contributed by atoms with van der Waals surface area (Å²) >= 11 is 1.53. The van der Waals surface area contributed by atoms with E-state index in [-0.39, 0.29) is 5.91 Å². The summed E-state index contributed by atoms with van der Waals surface area (Å²) in [7, 11) is 0. The molecule has 2 heterocycles. The molecule has 1 aliphatic heterocycles. The summed E-state index contributed by atoms with van der Waals surface area (Å²) in [5.41, 5.74) is 2.06. The molecule has 3 aromatic rings. The van der Waals surface area contributed by atoms with Crippen LogP contribution in [-0.2, 0) is 12.3 Å². The first-order valence-electron chi connectivity index (χ1n) is 11.5. The molecule has 0 atom stereocenters. The van der Waals surface area contributed by atoms with Crippen molar-refractivity contribution >= 4 is 17.7 Å². The van der Waals surface area contributed by atoms with E-state index >= 15 is 0 Å². The Hall–Kier alpha value is -2.68. The standard InChI is InChI=1S/C25H31N5O2S/c1-20-27-24(32-28-20)19-33-23-11-6-5-10-22(23)25(31)26-12-7-13-29-14-16-30(17-15-29)18-21-8-3-2-4-9-21/h2-6,8-11H,7,12-19H2,1H3,(H,26,31). The average Bonchev–Trinajstić information content (AvgIpc) is 3.27. The van der Waals surface area contributed by atoms with Crippen LogP contribution in [0, 0.1) is 6.92 Å². The van der Waals surface area contributed by atoms with Crippen molar-refractivity contribution in [1.82, 2.24) is 25.3 Å². The van der Waals surface area contributed by atoms with Crippen LogP contribution in [-0.4, -0.2) is 65.1 Å². The van der Waals surface area contributed by atoms with Crippen molar-refractivity contribution in [2.75, 3.05) is 39.3 Å². The zero-order chi connectivity index (χ0) is 22.9. The fourth-order valence-electron chi connectivity index (χ4n) is 3.93. The van der Waals surface area contributed by atoms with Gasteiger partial charge in [0.2, 0.25) is 5.89 Å². The highest BCUT2D eigenvalue weighted by molar-refractivity contribution is 7.98. The van der Waals surface area contributed by atoms with Crippen LogP contribution >= 0.6 is 11.8 Å². The molecule has 0 radical (unpaired) electrons. The summed E-state index contributed by atoms with van der Waals surface area (Å²) in [6, 6.07) is 18.3. The summed E-state index contributed by atoms with van der Waals surface area (Å²) in [5.74, 6) is 1.69. The summed E-state index contributed by atoms with van der Waals surface area (Å²) in [4.78, 5) is 22.9. The third-order valence-electron chi connectivity index (χ3n) is 5.70. The predicted molar refractivity (Wildman–Crippen MR) is 130 cm³/mol. The van der Waals surface area contributed by atoms with Crippen LogP contribution in [0.4, 0.5) is 0 Å². The predicted octanol–water partition coefficient (Wildman–Crippen LogP) is 3.61. The number of nitrogens with zero attached hydrogens (tertiary/aromatic N) is 4. The molecule has 0 saturated carbocycles. The molecule has 0 unspecified atom stereocenters. The van der Waals surface area contributed by atoms with Crippen molar-refractivity contribution in [3.8, 4) is 0 Å². The number of nitrogens with one attached hydrogen (secondary N) is 1. The third-order valence-corrected chi connectivity index (χ3v) is 6.76. The van der Waals surface area contributed by atoms with Crippen molar-refractivity contribution in [2.45, 2.75) is 30.5 Å². The molecular formula is C25H31N5O2S. The Balaban J connectivity index is 1.16. The van der Waals surface area contributed by atoms with Gasteiger partial charge in [-0.05, 0) is 37.6 Å². The van der Waals surface area contributed by atoms with Crippen LogP contribution < -0.4 is 5.32 Å². The van der Waals surface area contributed by atoms with Crippen LogP contribution in [0.15, 0.2) is 64.0 Å². The van der Waals surface area contributed by atoms with E-state index in [0.29, 0.717) is 29.6 Å². The number of thioether (sulfide) groups is 1. The summed E-state index contributed by atoms with van der Waals surface area (Å²) in [5, 5.41) is 6.89. The van der Waals surface area contributed by atoms with Gasteiger partial charge >= 0.3 is 0 Å². The van der Waals surface area contributed by atoms with Gasteiger partial charge in [-0.15, -0.1) is 11.8 Å². The topological polar surface area (TPSA) is 74.5 Å². The van der Waals surface area contributed by atoms with Gasteiger partial charge < -0.3 is 14.7 Å². The van der Waals surface area contributed by atoms with Crippen molar-refractivity contribution in [3.63, 3.8) is 0 Å². The van der Waals surface area contributed by atoms with E-state index in [4.69, 9.17) is 4.52 Å². The Kier molecular flexibility index (Phi) is 8.52. The minimum absolute atomic E-state index is 0.0347. The molecule has 1 saturated heterocycles. The molecule has 0 spiro atoms. The van der Waals surface area contributed by atoms with Crippen molar-refractivity contribution in [1.29, 1.82) is 0 Å². The Bertz CT molecular complexity index is 1020. The first-order chi connectivity index (χ1) is 16.2. The smallest absolute Gasteiger partial charge is 0.252 e. The maximum atomic E-state index is 12.8. The zero-order valence-corrected chi connectivity index (χ0v) is 19.9. The van der Waals surface area contributed by atoms with E-state index in [1.807, 2.05) is 24.3 Å². The molecule has 33 heavy (non-hydrogen) atoms. The molecule has 1 N–H and O–H groups in total. The number of carbonyl (C=O) groups is 1. The molecule has 2 aromatic carbocycles. The lowest BCUT2D eigenvalue weighted by Crippen LogP contribution is -2.46. The molecule has 1 aliphatic rings. The van der Waals surface area contributed by atoms with E-state index in [9.17, 15) is 4.79 Å². The first-order valence-corrected chi connectivity index (χ1v) is 12.4. The minimum atomic E-state index is -0.0347. The zero-order valence-electron chi connectivity index (χ0n) is 19.1. The highest BCUT2D eigenvalue weighted by Gasteiger charge is 2.17. The van der Waals surface area contributed by atoms with Crippen molar-refractivity contribution in [2.24, 2.45) is 0 Å². The molecule has 174 valence electrons. The maximum Gasteiger partial charge on any atom is 0.252 e. The van der Waals surface area contributed by atoms with Gasteiger partial charge in [0.15, 0.2) is 5.82 Å². The highest BCUT2D eigenvalue weighted by atomic mass is 32.2. The fraction of sp³-hybridized carbons (Fsp3) is 0.400. The number of aromatic nitrogens is 2. The largest absolute Gasteiger partial charge is 0.352 e. The highest BCUT2D eigenvalue weighted by Crippen LogP contribution is 2.25. The normalized spacial score (nSPS) is 14.9. The molecule has 1 aromatic heterocycles. The number of piperazine rings is 1. The van der Waals surface area contributed by atoms with Gasteiger partial charge in [0.05, 0.1) is 11.3 Å². The number of aryl methyl sites for hydroxylation is 1. The summed E-state index contributed by atoms with van der Waals surface area (Å²) in [6.07, 6.45) is 0.945. The second-order valence-corrected chi connectivity index (χ2v) is 9.25. The van der Waals surface area contributed by atoms with Crippen LogP contribution in [0.3, 0.4) is 0 Å². The van der Waals surface area contributed by atoms with Crippen molar-refractivity contribution in [3.05, 3.63) is 77.4 Å². The lowest BCUT2D eigenvalue weighted by molar-refractivity contribution is 0.0944. The van der Waals surface area contributed by atoms with Gasteiger partial charge in [0, 0.05) is 44.2 Å². The molecular weight excluding hydrogens is 434 g/mol.